The Kier molecular flexibility index (Phi) is 5.47. The number of carbonyl (C=O) groups excluding carboxylic acids is 1. The van der Waals surface area contributed by atoms with Crippen LogP contribution in [0.4, 0.5) is 4.79 Å². The van der Waals surface area contributed by atoms with Gasteiger partial charge in [-0.15, -0.1) is 0 Å². The van der Waals surface area contributed by atoms with Gasteiger partial charge in [-0.25, -0.2) is 4.79 Å². The lowest BCUT2D eigenvalue weighted by Crippen LogP contribution is -2.38. The third kappa shape index (κ3) is 4.51. The molecule has 4 heteroatoms. The van der Waals surface area contributed by atoms with Crippen molar-refractivity contribution in [2.24, 2.45) is 0 Å². The molecule has 1 rings (SSSR count). The van der Waals surface area contributed by atoms with Crippen LogP contribution in [0.5, 0.6) is 0 Å². The first-order valence-electron chi connectivity index (χ1n) is 5.86. The highest BCUT2D eigenvalue weighted by atomic mass is 16.6. The van der Waals surface area contributed by atoms with Crippen LogP contribution in [0, 0.1) is 0 Å². The van der Waals surface area contributed by atoms with Gasteiger partial charge in [-0.3, -0.25) is 0 Å². The van der Waals surface area contributed by atoms with E-state index in [-0.39, 0.29) is 6.10 Å². The lowest BCUT2D eigenvalue weighted by atomic mass is 9.95. The van der Waals surface area contributed by atoms with Crippen LogP contribution in [0.25, 0.3) is 0 Å². The monoisotopic (exact) mass is 215 g/mol. The highest BCUT2D eigenvalue weighted by molar-refractivity contribution is 5.67. The predicted octanol–water partition coefficient (Wildman–Crippen LogP) is 1.82. The maximum atomic E-state index is 11.3. The third-order valence-corrected chi connectivity index (χ3v) is 2.73. The van der Waals surface area contributed by atoms with E-state index in [0.29, 0.717) is 6.54 Å². The molecule has 88 valence electrons. The molecular formula is C11H21NO3. The second-order valence-electron chi connectivity index (χ2n) is 4.08. The summed E-state index contributed by atoms with van der Waals surface area (Å²) in [5.41, 5.74) is 0. The van der Waals surface area contributed by atoms with E-state index in [2.05, 4.69) is 12.2 Å². The zero-order valence-corrected chi connectivity index (χ0v) is 9.37. The molecule has 0 heterocycles. The van der Waals surface area contributed by atoms with Gasteiger partial charge in [0.05, 0.1) is 6.10 Å². The second kappa shape index (κ2) is 6.67. The normalized spacial score (nSPS) is 26.0. The molecule has 4 nitrogen and oxygen atoms in total. The number of hydrogen-bond donors (Lipinski definition) is 2. The van der Waals surface area contributed by atoms with Gasteiger partial charge in [0.25, 0.3) is 0 Å². The van der Waals surface area contributed by atoms with Crippen LogP contribution in [0.15, 0.2) is 0 Å². The first-order valence-corrected chi connectivity index (χ1v) is 5.86. The van der Waals surface area contributed by atoms with Gasteiger partial charge in [0.1, 0.15) is 6.10 Å². The van der Waals surface area contributed by atoms with Crippen LogP contribution in [0.2, 0.25) is 0 Å². The number of hydrogen-bond acceptors (Lipinski definition) is 3. The minimum Gasteiger partial charge on any atom is -0.443 e. The van der Waals surface area contributed by atoms with E-state index < -0.39 is 12.2 Å². The third-order valence-electron chi connectivity index (χ3n) is 2.73. The van der Waals surface area contributed by atoms with Crippen LogP contribution < -0.4 is 5.32 Å². The molecule has 1 saturated carbocycles. The molecule has 0 aromatic carbocycles. The van der Waals surface area contributed by atoms with Gasteiger partial charge in [-0.2, -0.15) is 0 Å². The Morgan fingerprint density at radius 1 is 1.47 bits per heavy atom. The first-order chi connectivity index (χ1) is 7.24. The van der Waals surface area contributed by atoms with Gasteiger partial charge in [0.2, 0.25) is 0 Å². The van der Waals surface area contributed by atoms with Crippen molar-refractivity contribution in [3.8, 4) is 0 Å². The maximum Gasteiger partial charge on any atom is 0.407 e. The number of rotatable bonds is 4. The van der Waals surface area contributed by atoms with Crippen LogP contribution >= 0.6 is 0 Å². The summed E-state index contributed by atoms with van der Waals surface area (Å²) in [4.78, 5) is 11.3. The highest BCUT2D eigenvalue weighted by Crippen LogP contribution is 2.20. The lowest BCUT2D eigenvalue weighted by molar-refractivity contribution is -0.0211. The summed E-state index contributed by atoms with van der Waals surface area (Å²) in [6, 6.07) is 0. The maximum absolute atomic E-state index is 11.3. The van der Waals surface area contributed by atoms with Crippen LogP contribution in [0.1, 0.15) is 45.4 Å². The van der Waals surface area contributed by atoms with Gasteiger partial charge in [0, 0.05) is 6.54 Å². The standard InChI is InChI=1S/C11H21NO3/c1-2-3-8-12-11(14)15-10-7-5-4-6-9(10)13/h9-10,13H,2-8H2,1H3,(H,12,14). The molecule has 2 unspecified atom stereocenters. The molecule has 15 heavy (non-hydrogen) atoms. The van der Waals surface area contributed by atoms with E-state index in [9.17, 15) is 9.90 Å². The first kappa shape index (κ1) is 12.3. The fourth-order valence-electron chi connectivity index (χ4n) is 1.76. The molecular weight excluding hydrogens is 194 g/mol. The number of ether oxygens (including phenoxy) is 1. The Balaban J connectivity index is 2.18. The summed E-state index contributed by atoms with van der Waals surface area (Å²) in [6.07, 6.45) is 4.41. The van der Waals surface area contributed by atoms with Crippen LogP contribution in [-0.4, -0.2) is 30.0 Å². The highest BCUT2D eigenvalue weighted by Gasteiger charge is 2.26. The molecule has 0 radical (unpaired) electrons. The molecule has 1 aliphatic carbocycles. The molecule has 2 atom stereocenters. The lowest BCUT2D eigenvalue weighted by Gasteiger charge is -2.27. The van der Waals surface area contributed by atoms with Gasteiger partial charge in [-0.1, -0.05) is 19.8 Å². The molecule has 2 N–H and O–H groups in total. The van der Waals surface area contributed by atoms with E-state index in [1.54, 1.807) is 0 Å². The van der Waals surface area contributed by atoms with Crippen molar-refractivity contribution in [3.63, 3.8) is 0 Å². The SMILES string of the molecule is CCCCNC(=O)OC1CCCCC1O. The van der Waals surface area contributed by atoms with E-state index in [1.807, 2.05) is 0 Å². The zero-order valence-electron chi connectivity index (χ0n) is 9.37. The molecule has 1 amide bonds. The fraction of sp³-hybridized carbons (Fsp3) is 0.909. The number of nitrogens with one attached hydrogen (secondary N) is 1. The summed E-state index contributed by atoms with van der Waals surface area (Å²) >= 11 is 0. The molecule has 1 aliphatic rings. The van der Waals surface area contributed by atoms with Gasteiger partial charge < -0.3 is 15.2 Å². The largest absolute Gasteiger partial charge is 0.443 e. The summed E-state index contributed by atoms with van der Waals surface area (Å²) in [6.45, 7) is 2.72. The van der Waals surface area contributed by atoms with Crippen LogP contribution in [0.3, 0.4) is 0 Å². The molecule has 0 bridgehead atoms. The average molecular weight is 215 g/mol. The molecule has 0 aliphatic heterocycles. The minimum absolute atomic E-state index is 0.305. The van der Waals surface area contributed by atoms with Crippen molar-refractivity contribution in [1.29, 1.82) is 0 Å². The molecule has 0 saturated heterocycles. The number of aliphatic hydroxyl groups excluding tert-OH is 1. The Bertz CT molecular complexity index is 196. The zero-order chi connectivity index (χ0) is 11.1. The molecule has 0 aromatic rings. The van der Waals surface area contributed by atoms with Crippen molar-refractivity contribution in [3.05, 3.63) is 0 Å². The number of unbranched alkanes of at least 4 members (excludes halogenated alkanes) is 1. The fourth-order valence-corrected chi connectivity index (χ4v) is 1.76. The number of alkyl carbamates (subject to hydrolysis) is 1. The number of aliphatic hydroxyl groups is 1. The Morgan fingerprint density at radius 3 is 2.87 bits per heavy atom. The van der Waals surface area contributed by atoms with Crippen molar-refractivity contribution in [1.82, 2.24) is 5.32 Å². The van der Waals surface area contributed by atoms with E-state index in [4.69, 9.17) is 4.74 Å². The predicted molar refractivity (Wildman–Crippen MR) is 57.7 cm³/mol. The summed E-state index contributed by atoms with van der Waals surface area (Å²) < 4.78 is 5.15. The molecule has 0 spiro atoms. The van der Waals surface area contributed by atoms with E-state index in [0.717, 1.165) is 38.5 Å². The van der Waals surface area contributed by atoms with Gasteiger partial charge >= 0.3 is 6.09 Å². The summed E-state index contributed by atoms with van der Waals surface area (Å²) in [7, 11) is 0. The topological polar surface area (TPSA) is 58.6 Å². The Labute approximate surface area is 91.0 Å². The van der Waals surface area contributed by atoms with Crippen LogP contribution in [-0.2, 0) is 4.74 Å². The van der Waals surface area contributed by atoms with E-state index in [1.165, 1.54) is 0 Å². The molecule has 1 fully saturated rings. The van der Waals surface area contributed by atoms with E-state index >= 15 is 0 Å². The van der Waals surface area contributed by atoms with Crippen molar-refractivity contribution < 1.29 is 14.6 Å². The summed E-state index contributed by atoms with van der Waals surface area (Å²) in [5, 5.41) is 12.3. The Hall–Kier alpha value is -0.770. The molecule has 0 aromatic heterocycles. The van der Waals surface area contributed by atoms with Crippen molar-refractivity contribution in [2.75, 3.05) is 6.54 Å². The van der Waals surface area contributed by atoms with Crippen molar-refractivity contribution in [2.45, 2.75) is 57.7 Å². The quantitative estimate of drug-likeness (QED) is 0.703. The average Bonchev–Trinajstić information content (AvgIpc) is 2.22. The Morgan fingerprint density at radius 2 is 2.20 bits per heavy atom. The minimum atomic E-state index is -0.476. The number of carbonyl (C=O) groups is 1. The second-order valence-corrected chi connectivity index (χ2v) is 4.08. The van der Waals surface area contributed by atoms with Crippen molar-refractivity contribution >= 4 is 6.09 Å². The van der Waals surface area contributed by atoms with Gasteiger partial charge in [0.15, 0.2) is 0 Å². The van der Waals surface area contributed by atoms with Gasteiger partial charge in [-0.05, 0) is 25.7 Å². The smallest absolute Gasteiger partial charge is 0.407 e. The number of amides is 1. The summed E-state index contributed by atoms with van der Waals surface area (Å²) in [5.74, 6) is 0.